The van der Waals surface area contributed by atoms with E-state index in [1.165, 1.54) is 11.3 Å². The first-order valence-corrected chi connectivity index (χ1v) is 5.42. The highest BCUT2D eigenvalue weighted by Crippen LogP contribution is 2.18. The molecule has 1 atom stereocenters. The van der Waals surface area contributed by atoms with Gasteiger partial charge < -0.3 is 10.5 Å². The summed E-state index contributed by atoms with van der Waals surface area (Å²) in [7, 11) is 0. The van der Waals surface area contributed by atoms with Crippen LogP contribution in [0.1, 0.15) is 43.8 Å². The Morgan fingerprint density at radius 2 is 2.07 bits per heavy atom. The number of aromatic nitrogens is 2. The summed E-state index contributed by atoms with van der Waals surface area (Å²) >= 11 is 1.51. The van der Waals surface area contributed by atoms with E-state index in [0.29, 0.717) is 6.61 Å². The summed E-state index contributed by atoms with van der Waals surface area (Å²) in [6.45, 7) is 8.45. The molecule has 4 nitrogen and oxygen atoms in total. The lowest BCUT2D eigenvalue weighted by Gasteiger charge is -2.17. The Kier molecular flexibility index (Phi) is 3.58. The molecule has 0 aliphatic carbocycles. The maximum absolute atomic E-state index is 5.68. The van der Waals surface area contributed by atoms with Crippen LogP contribution in [0.3, 0.4) is 0 Å². The normalized spacial score (nSPS) is 14.4. The first-order chi connectivity index (χ1) is 6.38. The quantitative estimate of drug-likeness (QED) is 0.836. The van der Waals surface area contributed by atoms with E-state index in [9.17, 15) is 0 Å². The Morgan fingerprint density at radius 3 is 2.50 bits per heavy atom. The number of nitrogens with two attached hydrogens (primary N) is 1. The van der Waals surface area contributed by atoms with E-state index in [0.717, 1.165) is 10.0 Å². The van der Waals surface area contributed by atoms with Crippen molar-refractivity contribution in [1.29, 1.82) is 0 Å². The second-order valence-corrected chi connectivity index (χ2v) is 5.32. The number of ether oxygens (including phenoxy) is 1. The number of nitrogens with zero attached hydrogens (tertiary/aromatic N) is 2. The monoisotopic (exact) mass is 215 g/mol. The Balaban J connectivity index is 2.52. The van der Waals surface area contributed by atoms with E-state index in [4.69, 9.17) is 10.5 Å². The first-order valence-electron chi connectivity index (χ1n) is 4.60. The Morgan fingerprint density at radius 1 is 1.43 bits per heavy atom. The minimum atomic E-state index is -0.139. The van der Waals surface area contributed by atoms with Crippen molar-refractivity contribution >= 4 is 11.3 Å². The van der Waals surface area contributed by atoms with Gasteiger partial charge in [-0.3, -0.25) is 0 Å². The largest absolute Gasteiger partial charge is 0.369 e. The zero-order chi connectivity index (χ0) is 10.8. The number of hydrogen-bond acceptors (Lipinski definition) is 5. The smallest absolute Gasteiger partial charge is 0.143 e. The molecular formula is C9H17N3OS. The van der Waals surface area contributed by atoms with E-state index < -0.39 is 0 Å². The zero-order valence-electron chi connectivity index (χ0n) is 9.07. The standard InChI is InChI=1S/C9H17N3OS/c1-6(10)8-12-11-7(14-8)5-13-9(2,3)4/h6H,5,10H2,1-4H3. The Bertz CT molecular complexity index is 290. The molecule has 80 valence electrons. The van der Waals surface area contributed by atoms with E-state index in [1.807, 2.05) is 27.7 Å². The molecule has 0 radical (unpaired) electrons. The highest BCUT2D eigenvalue weighted by Gasteiger charge is 2.13. The van der Waals surface area contributed by atoms with Crippen molar-refractivity contribution in [3.8, 4) is 0 Å². The van der Waals surface area contributed by atoms with Crippen LogP contribution in [-0.2, 0) is 11.3 Å². The van der Waals surface area contributed by atoms with Crippen LogP contribution in [0.2, 0.25) is 0 Å². The van der Waals surface area contributed by atoms with Crippen molar-refractivity contribution < 1.29 is 4.74 Å². The van der Waals surface area contributed by atoms with Gasteiger partial charge in [-0.2, -0.15) is 0 Å². The molecule has 0 spiro atoms. The van der Waals surface area contributed by atoms with Crippen LogP contribution in [0.25, 0.3) is 0 Å². The van der Waals surface area contributed by atoms with Gasteiger partial charge in [0.15, 0.2) is 0 Å². The van der Waals surface area contributed by atoms with Crippen LogP contribution in [0, 0.1) is 0 Å². The van der Waals surface area contributed by atoms with Gasteiger partial charge in [-0.25, -0.2) is 0 Å². The Labute approximate surface area is 88.5 Å². The first kappa shape index (κ1) is 11.6. The van der Waals surface area contributed by atoms with Crippen molar-refractivity contribution in [2.45, 2.75) is 45.9 Å². The molecular weight excluding hydrogens is 198 g/mol. The minimum Gasteiger partial charge on any atom is -0.369 e. The van der Waals surface area contributed by atoms with Crippen molar-refractivity contribution in [3.63, 3.8) is 0 Å². The molecule has 0 amide bonds. The summed E-state index contributed by atoms with van der Waals surface area (Å²) in [5, 5.41) is 9.72. The molecule has 2 N–H and O–H groups in total. The van der Waals surface area contributed by atoms with Crippen LogP contribution >= 0.6 is 11.3 Å². The van der Waals surface area contributed by atoms with Gasteiger partial charge in [0.2, 0.25) is 0 Å². The van der Waals surface area contributed by atoms with Crippen LogP contribution in [0.4, 0.5) is 0 Å². The summed E-state index contributed by atoms with van der Waals surface area (Å²) in [6, 6.07) is -0.0455. The Hall–Kier alpha value is -0.520. The molecule has 0 saturated heterocycles. The SMILES string of the molecule is CC(N)c1nnc(COC(C)(C)C)s1. The summed E-state index contributed by atoms with van der Waals surface area (Å²) in [5.41, 5.74) is 5.54. The summed E-state index contributed by atoms with van der Waals surface area (Å²) < 4.78 is 5.58. The van der Waals surface area contributed by atoms with E-state index in [2.05, 4.69) is 10.2 Å². The fourth-order valence-corrected chi connectivity index (χ4v) is 1.50. The van der Waals surface area contributed by atoms with Gasteiger partial charge in [0.1, 0.15) is 16.6 Å². The van der Waals surface area contributed by atoms with Gasteiger partial charge in [0, 0.05) is 0 Å². The lowest BCUT2D eigenvalue weighted by molar-refractivity contribution is -0.0152. The topological polar surface area (TPSA) is 61.0 Å². The van der Waals surface area contributed by atoms with E-state index in [-0.39, 0.29) is 11.6 Å². The molecule has 0 fully saturated rings. The molecule has 1 heterocycles. The third kappa shape index (κ3) is 3.69. The maximum atomic E-state index is 5.68. The predicted molar refractivity (Wildman–Crippen MR) is 57.1 cm³/mol. The van der Waals surface area contributed by atoms with Gasteiger partial charge in [-0.1, -0.05) is 11.3 Å². The molecule has 0 aliphatic heterocycles. The molecule has 1 aromatic rings. The van der Waals surface area contributed by atoms with Crippen LogP contribution in [0.5, 0.6) is 0 Å². The van der Waals surface area contributed by atoms with Crippen LogP contribution in [0.15, 0.2) is 0 Å². The van der Waals surface area contributed by atoms with Crippen molar-refractivity contribution in [2.75, 3.05) is 0 Å². The molecule has 14 heavy (non-hydrogen) atoms. The molecule has 0 bridgehead atoms. The van der Waals surface area contributed by atoms with Crippen LogP contribution in [-0.4, -0.2) is 15.8 Å². The third-order valence-electron chi connectivity index (χ3n) is 1.50. The molecule has 5 heteroatoms. The number of rotatable bonds is 3. The van der Waals surface area contributed by atoms with Gasteiger partial charge in [-0.05, 0) is 27.7 Å². The van der Waals surface area contributed by atoms with Gasteiger partial charge in [0.25, 0.3) is 0 Å². The predicted octanol–water partition coefficient (Wildman–Crippen LogP) is 1.87. The van der Waals surface area contributed by atoms with Gasteiger partial charge in [-0.15, -0.1) is 10.2 Å². The molecule has 0 saturated carbocycles. The van der Waals surface area contributed by atoms with Gasteiger partial charge in [0.05, 0.1) is 11.6 Å². The molecule has 1 rings (SSSR count). The minimum absolute atomic E-state index is 0.0455. The second-order valence-electron chi connectivity index (χ2n) is 4.22. The van der Waals surface area contributed by atoms with Crippen LogP contribution < -0.4 is 5.73 Å². The van der Waals surface area contributed by atoms with Gasteiger partial charge >= 0.3 is 0 Å². The summed E-state index contributed by atoms with van der Waals surface area (Å²) in [6.07, 6.45) is 0. The molecule has 0 aliphatic rings. The van der Waals surface area contributed by atoms with E-state index >= 15 is 0 Å². The van der Waals surface area contributed by atoms with Crippen molar-refractivity contribution in [3.05, 3.63) is 10.0 Å². The van der Waals surface area contributed by atoms with Crippen molar-refractivity contribution in [2.24, 2.45) is 5.73 Å². The lowest BCUT2D eigenvalue weighted by Crippen LogP contribution is -2.18. The van der Waals surface area contributed by atoms with Crippen molar-refractivity contribution in [1.82, 2.24) is 10.2 Å². The number of hydrogen-bond donors (Lipinski definition) is 1. The zero-order valence-corrected chi connectivity index (χ0v) is 9.89. The maximum Gasteiger partial charge on any atom is 0.143 e. The highest BCUT2D eigenvalue weighted by atomic mass is 32.1. The molecule has 0 aromatic carbocycles. The molecule has 1 unspecified atom stereocenters. The summed E-state index contributed by atoms with van der Waals surface area (Å²) in [4.78, 5) is 0. The van der Waals surface area contributed by atoms with E-state index in [1.54, 1.807) is 0 Å². The average molecular weight is 215 g/mol. The summed E-state index contributed by atoms with van der Waals surface area (Å²) in [5.74, 6) is 0. The highest BCUT2D eigenvalue weighted by molar-refractivity contribution is 7.11. The molecule has 1 aromatic heterocycles. The second kappa shape index (κ2) is 4.33. The fourth-order valence-electron chi connectivity index (χ4n) is 0.787. The average Bonchev–Trinajstić information content (AvgIpc) is 2.47. The third-order valence-corrected chi connectivity index (χ3v) is 2.60. The lowest BCUT2D eigenvalue weighted by atomic mass is 10.2. The fraction of sp³-hybridized carbons (Fsp3) is 0.778.